The maximum atomic E-state index is 14.9. The summed E-state index contributed by atoms with van der Waals surface area (Å²) >= 11 is 6.32. The summed E-state index contributed by atoms with van der Waals surface area (Å²) in [7, 11) is 0. The second-order valence-corrected chi connectivity index (χ2v) is 11.0. The molecule has 2 aliphatic rings. The Kier molecular flexibility index (Phi) is 7.11. The van der Waals surface area contributed by atoms with Crippen LogP contribution in [-0.2, 0) is 4.79 Å². The highest BCUT2D eigenvalue weighted by Gasteiger charge is 2.38. The van der Waals surface area contributed by atoms with Crippen LogP contribution in [0.15, 0.2) is 18.3 Å². The van der Waals surface area contributed by atoms with Crippen LogP contribution in [0.5, 0.6) is 0 Å². The monoisotopic (exact) mass is 540 g/mol. The lowest BCUT2D eigenvalue weighted by Gasteiger charge is -2.35. The van der Waals surface area contributed by atoms with E-state index in [-0.39, 0.29) is 40.4 Å². The van der Waals surface area contributed by atoms with E-state index in [1.165, 1.54) is 6.07 Å². The van der Waals surface area contributed by atoms with Crippen LogP contribution in [0.3, 0.4) is 0 Å². The lowest BCUT2D eigenvalue weighted by atomic mass is 9.73. The number of nitrogens with one attached hydrogen (secondary N) is 2. The Bertz CT molecular complexity index is 1390. The van der Waals surface area contributed by atoms with Gasteiger partial charge in [0.1, 0.15) is 11.3 Å². The van der Waals surface area contributed by atoms with Gasteiger partial charge in [0.05, 0.1) is 34.6 Å². The first-order valence-electron chi connectivity index (χ1n) is 12.8. The fourth-order valence-corrected chi connectivity index (χ4v) is 5.74. The van der Waals surface area contributed by atoms with Gasteiger partial charge >= 0.3 is 0 Å². The number of benzene rings is 1. The number of halogens is 2. The SMILES string of the molecule is CC1(C(N)=O)CCC(n2c(Nc3c(F)cc(C#N)cc3Cl)nc3cnc(N[C@H]4CCC[C@@H](O)C4)nc32)CC1. The Labute approximate surface area is 224 Å². The van der Waals surface area contributed by atoms with Crippen LogP contribution in [0.4, 0.5) is 22.0 Å². The molecule has 200 valence electrons. The summed E-state index contributed by atoms with van der Waals surface area (Å²) in [6.07, 6.45) is 6.98. The van der Waals surface area contributed by atoms with Gasteiger partial charge in [-0.15, -0.1) is 0 Å². The fraction of sp³-hybridized carbons (Fsp3) is 0.500. The smallest absolute Gasteiger partial charge is 0.224 e. The largest absolute Gasteiger partial charge is 0.393 e. The number of carbonyl (C=O) groups excluding carboxylic acids is 1. The molecule has 2 aromatic heterocycles. The van der Waals surface area contributed by atoms with Crippen LogP contribution < -0.4 is 16.4 Å². The number of hydrogen-bond donors (Lipinski definition) is 4. The van der Waals surface area contributed by atoms with Gasteiger partial charge in [-0.05, 0) is 63.5 Å². The number of rotatable bonds is 6. The van der Waals surface area contributed by atoms with Crippen LogP contribution >= 0.6 is 11.6 Å². The number of aliphatic hydroxyl groups is 1. The van der Waals surface area contributed by atoms with Gasteiger partial charge in [-0.2, -0.15) is 10.2 Å². The Morgan fingerprint density at radius 1 is 1.29 bits per heavy atom. The third-order valence-electron chi connectivity index (χ3n) is 7.84. The lowest BCUT2D eigenvalue weighted by Crippen LogP contribution is -2.38. The molecule has 0 aliphatic heterocycles. The zero-order valence-electron chi connectivity index (χ0n) is 21.0. The number of nitriles is 1. The van der Waals surface area contributed by atoms with E-state index in [1.807, 2.05) is 17.6 Å². The third kappa shape index (κ3) is 5.11. The molecule has 1 amide bonds. The maximum absolute atomic E-state index is 14.9. The van der Waals surface area contributed by atoms with Gasteiger partial charge in [0, 0.05) is 17.5 Å². The zero-order valence-corrected chi connectivity index (χ0v) is 21.8. The first kappa shape index (κ1) is 26.1. The van der Waals surface area contributed by atoms with Crippen molar-refractivity contribution in [1.29, 1.82) is 5.26 Å². The highest BCUT2D eigenvalue weighted by molar-refractivity contribution is 6.33. The molecule has 2 heterocycles. The van der Waals surface area contributed by atoms with E-state index in [0.717, 1.165) is 25.3 Å². The average Bonchev–Trinajstić information content (AvgIpc) is 3.23. The number of nitrogens with zero attached hydrogens (tertiary/aromatic N) is 5. The quantitative estimate of drug-likeness (QED) is 0.355. The Morgan fingerprint density at radius 2 is 2.05 bits per heavy atom. The van der Waals surface area contributed by atoms with Crippen molar-refractivity contribution in [3.8, 4) is 6.07 Å². The standard InChI is InChI=1S/C26H30ClFN8O2/c1-26(23(30)38)7-5-16(6-8-26)36-22-20(13-31-24(35-22)32-15-3-2-4-17(37)11-15)33-25(36)34-21-18(27)9-14(12-29)10-19(21)28/h9-10,13,15-17,37H,2-8,11H2,1H3,(H2,30,38)(H,33,34)(H,31,32,35)/t15-,16?,17+,26?/m0/s1. The van der Waals surface area contributed by atoms with Gasteiger partial charge in [0.25, 0.3) is 0 Å². The van der Waals surface area contributed by atoms with Gasteiger partial charge < -0.3 is 21.5 Å². The zero-order chi connectivity index (χ0) is 27.0. The van der Waals surface area contributed by atoms with Crippen molar-refractivity contribution in [2.75, 3.05) is 10.6 Å². The molecule has 38 heavy (non-hydrogen) atoms. The summed E-state index contributed by atoms with van der Waals surface area (Å²) < 4.78 is 16.8. The van der Waals surface area contributed by atoms with Crippen LogP contribution in [0.2, 0.25) is 5.02 Å². The van der Waals surface area contributed by atoms with E-state index in [9.17, 15) is 14.3 Å². The third-order valence-corrected chi connectivity index (χ3v) is 8.14. The molecule has 10 nitrogen and oxygen atoms in total. The summed E-state index contributed by atoms with van der Waals surface area (Å²) in [6.45, 7) is 1.88. The first-order valence-corrected chi connectivity index (χ1v) is 13.2. The van der Waals surface area contributed by atoms with Crippen molar-refractivity contribution in [1.82, 2.24) is 19.5 Å². The second-order valence-electron chi connectivity index (χ2n) is 10.6. The first-order chi connectivity index (χ1) is 18.2. The number of aliphatic hydroxyl groups excluding tert-OH is 1. The van der Waals surface area contributed by atoms with Gasteiger partial charge in [0.2, 0.25) is 17.8 Å². The topological polar surface area (TPSA) is 155 Å². The van der Waals surface area contributed by atoms with Gasteiger partial charge in [-0.25, -0.2) is 14.4 Å². The fourth-order valence-electron chi connectivity index (χ4n) is 5.49. The van der Waals surface area contributed by atoms with Crippen LogP contribution in [0, 0.1) is 22.6 Å². The number of hydrogen-bond acceptors (Lipinski definition) is 8. The van der Waals surface area contributed by atoms with Crippen molar-refractivity contribution in [3.63, 3.8) is 0 Å². The average molecular weight is 541 g/mol. The minimum atomic E-state index is -0.679. The van der Waals surface area contributed by atoms with E-state index in [0.29, 0.717) is 55.2 Å². The minimum Gasteiger partial charge on any atom is -0.393 e. The molecular weight excluding hydrogens is 511 g/mol. The number of amides is 1. The molecule has 12 heteroatoms. The lowest BCUT2D eigenvalue weighted by molar-refractivity contribution is -0.128. The van der Waals surface area contributed by atoms with E-state index in [4.69, 9.17) is 27.6 Å². The number of anilines is 3. The molecule has 5 rings (SSSR count). The summed E-state index contributed by atoms with van der Waals surface area (Å²) in [5, 5.41) is 25.6. The molecule has 0 spiro atoms. The van der Waals surface area contributed by atoms with Crippen molar-refractivity contribution in [3.05, 3.63) is 34.7 Å². The molecule has 1 aromatic carbocycles. The van der Waals surface area contributed by atoms with Crippen molar-refractivity contribution in [2.45, 2.75) is 76.5 Å². The van der Waals surface area contributed by atoms with E-state index >= 15 is 0 Å². The summed E-state index contributed by atoms with van der Waals surface area (Å²) in [5.74, 6) is -0.246. The van der Waals surface area contributed by atoms with E-state index in [2.05, 4.69) is 20.6 Å². The summed E-state index contributed by atoms with van der Waals surface area (Å²) in [5.41, 5.74) is 6.25. The predicted molar refractivity (Wildman–Crippen MR) is 141 cm³/mol. The van der Waals surface area contributed by atoms with Crippen molar-refractivity contribution >= 4 is 46.3 Å². The van der Waals surface area contributed by atoms with Crippen LogP contribution in [-0.4, -0.2) is 42.7 Å². The maximum Gasteiger partial charge on any atom is 0.224 e. The molecule has 0 unspecified atom stereocenters. The molecular formula is C26H30ClFN8O2. The van der Waals surface area contributed by atoms with Crippen molar-refractivity contribution < 1.29 is 14.3 Å². The number of imidazole rings is 1. The summed E-state index contributed by atoms with van der Waals surface area (Å²) in [4.78, 5) is 25.9. The molecule has 0 saturated heterocycles. The van der Waals surface area contributed by atoms with E-state index < -0.39 is 11.2 Å². The number of primary amides is 1. The van der Waals surface area contributed by atoms with E-state index in [1.54, 1.807) is 6.20 Å². The molecule has 2 saturated carbocycles. The predicted octanol–water partition coefficient (Wildman–Crippen LogP) is 4.56. The van der Waals surface area contributed by atoms with Gasteiger partial charge in [-0.1, -0.05) is 18.5 Å². The Morgan fingerprint density at radius 3 is 2.71 bits per heavy atom. The van der Waals surface area contributed by atoms with Gasteiger partial charge in [-0.3, -0.25) is 9.36 Å². The molecule has 2 fully saturated rings. The molecule has 3 aromatic rings. The normalized spacial score (nSPS) is 25.6. The highest BCUT2D eigenvalue weighted by atomic mass is 35.5. The van der Waals surface area contributed by atoms with Crippen LogP contribution in [0.25, 0.3) is 11.2 Å². The minimum absolute atomic E-state index is 0.00232. The highest BCUT2D eigenvalue weighted by Crippen LogP contribution is 2.43. The number of carbonyl (C=O) groups is 1. The number of aromatic nitrogens is 4. The number of nitrogens with two attached hydrogens (primary N) is 1. The molecule has 2 atom stereocenters. The molecule has 5 N–H and O–H groups in total. The van der Waals surface area contributed by atoms with Crippen molar-refractivity contribution in [2.24, 2.45) is 11.1 Å². The summed E-state index contributed by atoms with van der Waals surface area (Å²) in [6, 6.07) is 4.36. The number of fused-ring (bicyclic) bond motifs is 1. The molecule has 0 radical (unpaired) electrons. The second kappa shape index (κ2) is 10.3. The Balaban J connectivity index is 1.53. The Hall–Kier alpha value is -3.49. The molecule has 2 aliphatic carbocycles. The van der Waals surface area contributed by atoms with Gasteiger partial charge in [0.15, 0.2) is 5.65 Å². The van der Waals surface area contributed by atoms with Crippen LogP contribution in [0.1, 0.15) is 69.9 Å². The molecule has 0 bridgehead atoms.